The first-order valence-corrected chi connectivity index (χ1v) is 6.05. The van der Waals surface area contributed by atoms with Gasteiger partial charge < -0.3 is 10.5 Å². The summed E-state index contributed by atoms with van der Waals surface area (Å²) in [4.78, 5) is 0. The molecule has 18 heavy (non-hydrogen) atoms. The molecule has 2 N–H and O–H groups in total. The van der Waals surface area contributed by atoms with Gasteiger partial charge in [0.05, 0.1) is 5.69 Å². The molecule has 1 heterocycles. The number of rotatable bonds is 4. The molecule has 1 aromatic carbocycles. The molecule has 0 aliphatic carbocycles. The largest absolute Gasteiger partial charge is 0.491 e. The zero-order valence-corrected chi connectivity index (χ0v) is 11.1. The van der Waals surface area contributed by atoms with Gasteiger partial charge in [-0.2, -0.15) is 5.10 Å². The van der Waals surface area contributed by atoms with Crippen molar-refractivity contribution in [3.05, 3.63) is 36.0 Å². The van der Waals surface area contributed by atoms with Gasteiger partial charge in [0.1, 0.15) is 12.4 Å². The molecule has 0 unspecified atom stereocenters. The van der Waals surface area contributed by atoms with Crippen molar-refractivity contribution >= 4 is 0 Å². The molecule has 4 heteroatoms. The molecule has 96 valence electrons. The molecule has 1 atom stereocenters. The van der Waals surface area contributed by atoms with Crippen molar-refractivity contribution < 1.29 is 4.74 Å². The van der Waals surface area contributed by atoms with E-state index in [1.54, 1.807) is 6.20 Å². The molecule has 2 rings (SSSR count). The second-order valence-corrected chi connectivity index (χ2v) is 4.63. The maximum Gasteiger partial charge on any atom is 0.128 e. The van der Waals surface area contributed by atoms with E-state index in [4.69, 9.17) is 10.5 Å². The molecule has 0 aliphatic rings. The highest BCUT2D eigenvalue weighted by Gasteiger charge is 2.10. The lowest BCUT2D eigenvalue weighted by Gasteiger charge is -2.14. The Morgan fingerprint density at radius 3 is 2.78 bits per heavy atom. The number of aromatic nitrogens is 2. The van der Waals surface area contributed by atoms with Crippen molar-refractivity contribution in [2.75, 3.05) is 6.61 Å². The van der Waals surface area contributed by atoms with Crippen LogP contribution in [-0.4, -0.2) is 22.4 Å². The van der Waals surface area contributed by atoms with Crippen molar-refractivity contribution in [1.82, 2.24) is 9.78 Å². The predicted molar refractivity (Wildman–Crippen MR) is 72.5 cm³/mol. The lowest BCUT2D eigenvalue weighted by Crippen LogP contribution is -2.23. The van der Waals surface area contributed by atoms with Gasteiger partial charge in [0, 0.05) is 24.8 Å². The number of nitrogens with zero attached hydrogens (tertiary/aromatic N) is 2. The second kappa shape index (κ2) is 5.23. The summed E-state index contributed by atoms with van der Waals surface area (Å²) < 4.78 is 7.61. The predicted octanol–water partition coefficient (Wildman–Crippen LogP) is 2.12. The normalized spacial score (nSPS) is 12.4. The van der Waals surface area contributed by atoms with Gasteiger partial charge >= 0.3 is 0 Å². The number of benzene rings is 1. The first-order chi connectivity index (χ1) is 8.58. The maximum atomic E-state index is 5.77. The number of hydrogen-bond donors (Lipinski definition) is 1. The van der Waals surface area contributed by atoms with E-state index in [1.807, 2.05) is 36.9 Å². The molecular weight excluding hydrogens is 226 g/mol. The van der Waals surface area contributed by atoms with Crippen LogP contribution in [0.5, 0.6) is 5.75 Å². The minimum absolute atomic E-state index is 0.0192. The minimum Gasteiger partial charge on any atom is -0.491 e. The third-order valence-electron chi connectivity index (χ3n) is 2.73. The molecule has 0 bridgehead atoms. The highest BCUT2D eigenvalue weighted by molar-refractivity contribution is 5.68. The molecule has 0 spiro atoms. The van der Waals surface area contributed by atoms with Crippen LogP contribution in [-0.2, 0) is 7.05 Å². The Morgan fingerprint density at radius 1 is 1.39 bits per heavy atom. The fraction of sp³-hybridized carbons (Fsp3) is 0.357. The van der Waals surface area contributed by atoms with E-state index in [-0.39, 0.29) is 6.04 Å². The van der Waals surface area contributed by atoms with Crippen molar-refractivity contribution in [2.45, 2.75) is 19.9 Å². The van der Waals surface area contributed by atoms with Gasteiger partial charge in [0.2, 0.25) is 0 Å². The summed E-state index contributed by atoms with van der Waals surface area (Å²) in [6.45, 7) is 4.50. The Balaban J connectivity index is 2.38. The van der Waals surface area contributed by atoms with Gasteiger partial charge in [0.25, 0.3) is 0 Å². The molecular formula is C14H19N3O. The van der Waals surface area contributed by atoms with E-state index >= 15 is 0 Å². The average Bonchev–Trinajstić information content (AvgIpc) is 2.73. The maximum absolute atomic E-state index is 5.77. The Hall–Kier alpha value is -1.81. The van der Waals surface area contributed by atoms with Crippen LogP contribution in [0, 0.1) is 6.92 Å². The summed E-state index contributed by atoms with van der Waals surface area (Å²) in [6, 6.07) is 8.13. The van der Waals surface area contributed by atoms with Crippen LogP contribution in [0.3, 0.4) is 0 Å². The lowest BCUT2D eigenvalue weighted by atomic mass is 10.1. The van der Waals surface area contributed by atoms with Gasteiger partial charge in [-0.3, -0.25) is 4.68 Å². The standard InChI is InChI=1S/C14H19N3O/c1-10-4-5-14(18-9-11(2)15)12(8-10)13-6-7-16-17(13)3/h4-8,11H,9,15H2,1-3H3/t11-/m1/s1. The van der Waals surface area contributed by atoms with Crippen LogP contribution < -0.4 is 10.5 Å². The van der Waals surface area contributed by atoms with Gasteiger partial charge in [-0.05, 0) is 32.0 Å². The third-order valence-corrected chi connectivity index (χ3v) is 2.73. The molecule has 0 aliphatic heterocycles. The molecule has 0 saturated carbocycles. The lowest BCUT2D eigenvalue weighted by molar-refractivity contribution is 0.297. The fourth-order valence-corrected chi connectivity index (χ4v) is 1.83. The molecule has 0 fully saturated rings. The average molecular weight is 245 g/mol. The highest BCUT2D eigenvalue weighted by Crippen LogP contribution is 2.30. The zero-order chi connectivity index (χ0) is 13.1. The first-order valence-electron chi connectivity index (χ1n) is 6.05. The summed E-state index contributed by atoms with van der Waals surface area (Å²) in [5.41, 5.74) is 9.01. The number of ether oxygens (including phenoxy) is 1. The van der Waals surface area contributed by atoms with E-state index < -0.39 is 0 Å². The van der Waals surface area contributed by atoms with Crippen LogP contribution in [0.25, 0.3) is 11.3 Å². The Kier molecular flexibility index (Phi) is 3.67. The second-order valence-electron chi connectivity index (χ2n) is 4.63. The van der Waals surface area contributed by atoms with E-state index in [0.29, 0.717) is 6.61 Å². The van der Waals surface area contributed by atoms with E-state index in [9.17, 15) is 0 Å². The van der Waals surface area contributed by atoms with Gasteiger partial charge in [-0.1, -0.05) is 11.6 Å². The van der Waals surface area contributed by atoms with Crippen molar-refractivity contribution in [3.8, 4) is 17.0 Å². The van der Waals surface area contributed by atoms with Crippen molar-refractivity contribution in [3.63, 3.8) is 0 Å². The van der Waals surface area contributed by atoms with Crippen LogP contribution in [0.4, 0.5) is 0 Å². The van der Waals surface area contributed by atoms with Crippen molar-refractivity contribution in [2.24, 2.45) is 12.8 Å². The van der Waals surface area contributed by atoms with Crippen LogP contribution in [0.2, 0.25) is 0 Å². The monoisotopic (exact) mass is 245 g/mol. The molecule has 1 aromatic heterocycles. The topological polar surface area (TPSA) is 53.1 Å². The fourth-order valence-electron chi connectivity index (χ4n) is 1.83. The molecule has 0 radical (unpaired) electrons. The molecule has 0 amide bonds. The van der Waals surface area contributed by atoms with Gasteiger partial charge in [-0.15, -0.1) is 0 Å². The number of hydrogen-bond acceptors (Lipinski definition) is 3. The smallest absolute Gasteiger partial charge is 0.128 e. The SMILES string of the molecule is Cc1ccc(OC[C@@H](C)N)c(-c2ccnn2C)c1. The Labute approximate surface area is 107 Å². The highest BCUT2D eigenvalue weighted by atomic mass is 16.5. The summed E-state index contributed by atoms with van der Waals surface area (Å²) in [5.74, 6) is 0.849. The summed E-state index contributed by atoms with van der Waals surface area (Å²) >= 11 is 0. The Bertz CT molecular complexity index is 532. The van der Waals surface area contributed by atoms with Gasteiger partial charge in [-0.25, -0.2) is 0 Å². The molecule has 2 aromatic rings. The Morgan fingerprint density at radius 2 is 2.17 bits per heavy atom. The van der Waals surface area contributed by atoms with Crippen LogP contribution in [0.1, 0.15) is 12.5 Å². The van der Waals surface area contributed by atoms with E-state index in [1.165, 1.54) is 5.56 Å². The van der Waals surface area contributed by atoms with E-state index in [2.05, 4.69) is 18.1 Å². The molecule has 4 nitrogen and oxygen atoms in total. The minimum atomic E-state index is 0.0192. The van der Waals surface area contributed by atoms with Crippen LogP contribution in [0.15, 0.2) is 30.5 Å². The quantitative estimate of drug-likeness (QED) is 0.897. The summed E-state index contributed by atoms with van der Waals surface area (Å²) in [6.07, 6.45) is 1.78. The number of aryl methyl sites for hydroxylation is 2. The van der Waals surface area contributed by atoms with Crippen LogP contribution >= 0.6 is 0 Å². The van der Waals surface area contributed by atoms with Crippen molar-refractivity contribution in [1.29, 1.82) is 0 Å². The summed E-state index contributed by atoms with van der Waals surface area (Å²) in [7, 11) is 1.92. The first kappa shape index (κ1) is 12.6. The molecule has 0 saturated heterocycles. The van der Waals surface area contributed by atoms with E-state index in [0.717, 1.165) is 17.0 Å². The number of nitrogens with two attached hydrogens (primary N) is 1. The third kappa shape index (κ3) is 2.71. The summed E-state index contributed by atoms with van der Waals surface area (Å²) in [5, 5.41) is 4.20. The zero-order valence-electron chi connectivity index (χ0n) is 11.1. The van der Waals surface area contributed by atoms with Gasteiger partial charge in [0.15, 0.2) is 0 Å².